The van der Waals surface area contributed by atoms with Crippen LogP contribution in [0.15, 0.2) is 65.6 Å². The number of fused-ring (bicyclic) bond motifs is 1. The Balaban J connectivity index is 1.88. The highest BCUT2D eigenvalue weighted by atomic mass is 16.5. The number of nitrogens with zero attached hydrogens (tertiary/aromatic N) is 1. The van der Waals surface area contributed by atoms with Gasteiger partial charge in [-0.1, -0.05) is 37.3 Å². The van der Waals surface area contributed by atoms with Crippen LogP contribution < -0.4 is 5.56 Å². The van der Waals surface area contributed by atoms with Gasteiger partial charge in [0, 0.05) is 11.6 Å². The van der Waals surface area contributed by atoms with Crippen molar-refractivity contribution in [3.63, 3.8) is 0 Å². The molecular weight excluding hydrogens is 302 g/mol. The maximum atomic E-state index is 12.6. The SMILES string of the molecule is CCCOC(=O)c1cccc(Cn2ccc3ccccc3c2=O)c1. The molecule has 1 heterocycles. The second-order valence-electron chi connectivity index (χ2n) is 5.67. The minimum absolute atomic E-state index is 0.0351. The number of aromatic nitrogens is 1. The van der Waals surface area contributed by atoms with Crippen LogP contribution in [0.4, 0.5) is 0 Å². The summed E-state index contributed by atoms with van der Waals surface area (Å²) < 4.78 is 6.81. The fraction of sp³-hybridized carbons (Fsp3) is 0.200. The highest BCUT2D eigenvalue weighted by Gasteiger charge is 2.08. The summed E-state index contributed by atoms with van der Waals surface area (Å²) in [5.74, 6) is -0.329. The van der Waals surface area contributed by atoms with E-state index in [0.717, 1.165) is 17.4 Å². The van der Waals surface area contributed by atoms with Crippen LogP contribution in [0, 0.1) is 0 Å². The summed E-state index contributed by atoms with van der Waals surface area (Å²) in [7, 11) is 0. The first kappa shape index (κ1) is 16.0. The first-order valence-corrected chi connectivity index (χ1v) is 8.03. The number of benzene rings is 2. The molecule has 24 heavy (non-hydrogen) atoms. The molecule has 3 aromatic rings. The Morgan fingerprint density at radius 3 is 2.75 bits per heavy atom. The molecule has 1 aromatic heterocycles. The number of rotatable bonds is 5. The fourth-order valence-electron chi connectivity index (χ4n) is 2.63. The normalized spacial score (nSPS) is 10.7. The Morgan fingerprint density at radius 2 is 1.92 bits per heavy atom. The zero-order valence-corrected chi connectivity index (χ0v) is 13.6. The molecule has 0 spiro atoms. The second kappa shape index (κ2) is 7.13. The number of ether oxygens (including phenoxy) is 1. The number of hydrogen-bond acceptors (Lipinski definition) is 3. The van der Waals surface area contributed by atoms with Gasteiger partial charge in [-0.15, -0.1) is 0 Å². The van der Waals surface area contributed by atoms with Crippen LogP contribution in [0.5, 0.6) is 0 Å². The van der Waals surface area contributed by atoms with E-state index in [9.17, 15) is 9.59 Å². The summed E-state index contributed by atoms with van der Waals surface area (Å²) >= 11 is 0. The predicted octanol–water partition coefficient (Wildman–Crippen LogP) is 3.62. The van der Waals surface area contributed by atoms with Gasteiger partial charge in [0.15, 0.2) is 0 Å². The smallest absolute Gasteiger partial charge is 0.338 e. The van der Waals surface area contributed by atoms with Crippen LogP contribution in [0.25, 0.3) is 10.8 Å². The number of carbonyl (C=O) groups is 1. The number of hydrogen-bond donors (Lipinski definition) is 0. The molecule has 0 amide bonds. The summed E-state index contributed by atoms with van der Waals surface area (Å²) in [5, 5.41) is 1.62. The van der Waals surface area contributed by atoms with E-state index < -0.39 is 0 Å². The lowest BCUT2D eigenvalue weighted by molar-refractivity contribution is 0.0505. The van der Waals surface area contributed by atoms with Gasteiger partial charge in [-0.05, 0) is 41.6 Å². The molecule has 0 unspecified atom stereocenters. The van der Waals surface area contributed by atoms with Crippen molar-refractivity contribution in [1.82, 2.24) is 4.57 Å². The van der Waals surface area contributed by atoms with E-state index in [1.807, 2.05) is 49.4 Å². The molecule has 2 aromatic carbocycles. The van der Waals surface area contributed by atoms with Crippen LogP contribution in [0.2, 0.25) is 0 Å². The van der Waals surface area contributed by atoms with Gasteiger partial charge < -0.3 is 9.30 Å². The summed E-state index contributed by atoms with van der Waals surface area (Å²) in [6, 6.07) is 16.7. The number of pyridine rings is 1. The van der Waals surface area contributed by atoms with Crippen molar-refractivity contribution in [3.05, 3.63) is 82.3 Å². The first-order valence-electron chi connectivity index (χ1n) is 8.03. The molecule has 0 bridgehead atoms. The number of carbonyl (C=O) groups excluding carboxylic acids is 1. The van der Waals surface area contributed by atoms with Crippen molar-refractivity contribution < 1.29 is 9.53 Å². The standard InChI is InChI=1S/C20H19NO3/c1-2-12-24-20(23)17-8-5-6-15(13-17)14-21-11-10-16-7-3-4-9-18(16)19(21)22/h3-11,13H,2,12,14H2,1H3. The lowest BCUT2D eigenvalue weighted by Crippen LogP contribution is -2.20. The van der Waals surface area contributed by atoms with Crippen LogP contribution in [0.3, 0.4) is 0 Å². The van der Waals surface area contributed by atoms with Crippen LogP contribution in [-0.4, -0.2) is 17.1 Å². The summed E-state index contributed by atoms with van der Waals surface area (Å²) in [6.07, 6.45) is 2.57. The van der Waals surface area contributed by atoms with Crippen LogP contribution >= 0.6 is 0 Å². The van der Waals surface area contributed by atoms with Gasteiger partial charge in [0.1, 0.15) is 0 Å². The third-order valence-electron chi connectivity index (χ3n) is 3.84. The first-order chi connectivity index (χ1) is 11.7. The molecule has 4 heteroatoms. The topological polar surface area (TPSA) is 48.3 Å². The van der Waals surface area contributed by atoms with Crippen LogP contribution in [-0.2, 0) is 11.3 Å². The lowest BCUT2D eigenvalue weighted by atomic mass is 10.1. The summed E-state index contributed by atoms with van der Waals surface area (Å²) in [4.78, 5) is 24.5. The predicted molar refractivity (Wildman–Crippen MR) is 94.3 cm³/mol. The molecule has 0 atom stereocenters. The molecule has 0 radical (unpaired) electrons. The highest BCUT2D eigenvalue weighted by Crippen LogP contribution is 2.11. The van der Waals surface area contributed by atoms with Crippen LogP contribution in [0.1, 0.15) is 29.3 Å². The minimum Gasteiger partial charge on any atom is -0.462 e. The maximum Gasteiger partial charge on any atom is 0.338 e. The molecule has 0 saturated carbocycles. The second-order valence-corrected chi connectivity index (χ2v) is 5.67. The number of esters is 1. The van der Waals surface area contributed by atoms with E-state index in [0.29, 0.717) is 24.1 Å². The summed E-state index contributed by atoms with van der Waals surface area (Å²) in [6.45, 7) is 2.78. The molecule has 0 saturated heterocycles. The minimum atomic E-state index is -0.329. The third-order valence-corrected chi connectivity index (χ3v) is 3.84. The maximum absolute atomic E-state index is 12.6. The molecule has 3 rings (SSSR count). The average Bonchev–Trinajstić information content (AvgIpc) is 2.62. The van der Waals surface area contributed by atoms with E-state index in [4.69, 9.17) is 4.74 Å². The molecule has 0 N–H and O–H groups in total. The molecule has 0 aliphatic carbocycles. The van der Waals surface area contributed by atoms with E-state index in [2.05, 4.69) is 0 Å². The average molecular weight is 321 g/mol. The zero-order valence-electron chi connectivity index (χ0n) is 13.6. The van der Waals surface area contributed by atoms with Gasteiger partial charge in [-0.25, -0.2) is 4.79 Å². The largest absolute Gasteiger partial charge is 0.462 e. The van der Waals surface area contributed by atoms with Crippen molar-refractivity contribution in [2.75, 3.05) is 6.61 Å². The monoisotopic (exact) mass is 321 g/mol. The molecular formula is C20H19NO3. The molecule has 0 fully saturated rings. The van der Waals surface area contributed by atoms with Gasteiger partial charge in [0.2, 0.25) is 0 Å². The lowest BCUT2D eigenvalue weighted by Gasteiger charge is -2.09. The fourth-order valence-corrected chi connectivity index (χ4v) is 2.63. The Hall–Kier alpha value is -2.88. The quantitative estimate of drug-likeness (QED) is 0.674. The third kappa shape index (κ3) is 3.38. The van der Waals surface area contributed by atoms with Crippen molar-refractivity contribution in [1.29, 1.82) is 0 Å². The Bertz CT molecular complexity index is 927. The Morgan fingerprint density at radius 1 is 1.08 bits per heavy atom. The van der Waals surface area contributed by atoms with E-state index >= 15 is 0 Å². The molecule has 0 aliphatic heterocycles. The molecule has 4 nitrogen and oxygen atoms in total. The van der Waals surface area contributed by atoms with Crippen molar-refractivity contribution in [2.24, 2.45) is 0 Å². The van der Waals surface area contributed by atoms with Crippen molar-refractivity contribution in [3.8, 4) is 0 Å². The Labute approximate surface area is 140 Å². The van der Waals surface area contributed by atoms with Gasteiger partial charge in [0.05, 0.1) is 18.7 Å². The van der Waals surface area contributed by atoms with Gasteiger partial charge in [-0.2, -0.15) is 0 Å². The van der Waals surface area contributed by atoms with E-state index in [-0.39, 0.29) is 11.5 Å². The van der Waals surface area contributed by atoms with Gasteiger partial charge in [0.25, 0.3) is 5.56 Å². The summed E-state index contributed by atoms with van der Waals surface area (Å²) in [5.41, 5.74) is 1.36. The zero-order chi connectivity index (χ0) is 16.9. The Kier molecular flexibility index (Phi) is 4.75. The van der Waals surface area contributed by atoms with Gasteiger partial charge >= 0.3 is 5.97 Å². The molecule has 0 aliphatic rings. The highest BCUT2D eigenvalue weighted by molar-refractivity contribution is 5.89. The van der Waals surface area contributed by atoms with Gasteiger partial charge in [-0.3, -0.25) is 4.79 Å². The van der Waals surface area contributed by atoms with Crippen molar-refractivity contribution >= 4 is 16.7 Å². The molecule has 122 valence electrons. The van der Waals surface area contributed by atoms with E-state index in [1.165, 1.54) is 0 Å². The van der Waals surface area contributed by atoms with E-state index in [1.54, 1.807) is 22.9 Å². The van der Waals surface area contributed by atoms with Crippen molar-refractivity contribution in [2.45, 2.75) is 19.9 Å².